The minimum atomic E-state index is -3.70. The molecule has 0 amide bonds. The number of aryl methyl sites for hydroxylation is 1. The van der Waals surface area contributed by atoms with Gasteiger partial charge >= 0.3 is 5.97 Å². The van der Waals surface area contributed by atoms with Gasteiger partial charge in [-0.25, -0.2) is 8.42 Å². The average molecular weight is 333 g/mol. The highest BCUT2D eigenvalue weighted by Gasteiger charge is 2.36. The van der Waals surface area contributed by atoms with Crippen LogP contribution in [0.3, 0.4) is 0 Å². The van der Waals surface area contributed by atoms with Crippen molar-refractivity contribution in [3.63, 3.8) is 0 Å². The van der Waals surface area contributed by atoms with Crippen LogP contribution in [0.2, 0.25) is 0 Å². The zero-order valence-corrected chi connectivity index (χ0v) is 14.0. The van der Waals surface area contributed by atoms with E-state index in [1.165, 1.54) is 4.31 Å². The van der Waals surface area contributed by atoms with Gasteiger partial charge in [0.2, 0.25) is 10.0 Å². The minimum Gasteiger partial charge on any atom is -0.465 e. The van der Waals surface area contributed by atoms with Crippen molar-refractivity contribution in [3.05, 3.63) is 41.5 Å². The molecule has 0 saturated heterocycles. The zero-order chi connectivity index (χ0) is 17.0. The molecule has 2 rings (SSSR count). The van der Waals surface area contributed by atoms with Gasteiger partial charge in [-0.3, -0.25) is 4.79 Å². The highest BCUT2D eigenvalue weighted by molar-refractivity contribution is 7.89. The number of benzene rings is 1. The van der Waals surface area contributed by atoms with Gasteiger partial charge in [-0.2, -0.15) is 4.31 Å². The van der Waals surface area contributed by atoms with Crippen molar-refractivity contribution in [1.29, 1.82) is 0 Å². The number of carbonyl (C=O) groups excluding carboxylic acids is 1. The first-order valence-electron chi connectivity index (χ1n) is 7.27. The van der Waals surface area contributed by atoms with Crippen LogP contribution < -0.4 is 0 Å². The molecule has 1 aromatic rings. The van der Waals surface area contributed by atoms with Crippen LogP contribution in [0.4, 0.5) is 0 Å². The molecule has 0 heterocycles. The van der Waals surface area contributed by atoms with Gasteiger partial charge in [0, 0.05) is 6.54 Å². The molecule has 5 nitrogen and oxygen atoms in total. The molecule has 0 bridgehead atoms. The van der Waals surface area contributed by atoms with E-state index in [-0.39, 0.29) is 24.0 Å². The van der Waals surface area contributed by atoms with Crippen molar-refractivity contribution >= 4 is 16.0 Å². The summed E-state index contributed by atoms with van der Waals surface area (Å²) in [5, 5.41) is 0. The maximum absolute atomic E-state index is 12.7. The van der Waals surface area contributed by atoms with Gasteiger partial charge in [-0.05, 0) is 31.6 Å². The van der Waals surface area contributed by atoms with Gasteiger partial charge < -0.3 is 4.74 Å². The maximum Gasteiger partial charge on any atom is 0.317 e. The monoisotopic (exact) mass is 333 g/mol. The summed E-state index contributed by atoms with van der Waals surface area (Å²) in [5.41, 5.74) is 1.69. The Morgan fingerprint density at radius 3 is 2.57 bits per heavy atom. The minimum absolute atomic E-state index is 0.0525. The molecular formula is C17H19NO4S. The molecule has 122 valence electrons. The SMILES string of the molecule is C#CCN(CC1=CC1C(=O)OCC)S(=O)(=O)c1ccc(C)cc1. The first-order chi connectivity index (χ1) is 10.9. The highest BCUT2D eigenvalue weighted by atomic mass is 32.2. The van der Waals surface area contributed by atoms with Crippen molar-refractivity contribution in [2.45, 2.75) is 18.7 Å². The molecule has 1 atom stereocenters. The number of hydrogen-bond acceptors (Lipinski definition) is 4. The number of rotatable bonds is 7. The summed E-state index contributed by atoms with van der Waals surface area (Å²) in [5.74, 6) is 1.58. The molecule has 0 spiro atoms. The molecule has 0 fully saturated rings. The van der Waals surface area contributed by atoms with E-state index in [1.807, 2.05) is 6.92 Å². The molecule has 0 saturated carbocycles. The lowest BCUT2D eigenvalue weighted by atomic mass is 10.2. The molecule has 0 aromatic heterocycles. The fourth-order valence-corrected chi connectivity index (χ4v) is 3.50. The Kier molecular flexibility index (Phi) is 5.24. The molecule has 0 aliphatic heterocycles. The fraction of sp³-hybridized carbons (Fsp3) is 0.353. The smallest absolute Gasteiger partial charge is 0.317 e. The van der Waals surface area contributed by atoms with Crippen molar-refractivity contribution in [2.24, 2.45) is 5.92 Å². The summed E-state index contributed by atoms with van der Waals surface area (Å²) in [4.78, 5) is 11.8. The summed E-state index contributed by atoms with van der Waals surface area (Å²) >= 11 is 0. The number of terminal acetylenes is 1. The predicted octanol–water partition coefficient (Wildman–Crippen LogP) is 1.74. The maximum atomic E-state index is 12.7. The van der Waals surface area contributed by atoms with Crippen LogP contribution in [0.25, 0.3) is 0 Å². The summed E-state index contributed by atoms with van der Waals surface area (Å²) < 4.78 is 31.5. The van der Waals surface area contributed by atoms with E-state index in [1.54, 1.807) is 37.3 Å². The lowest BCUT2D eigenvalue weighted by molar-refractivity contribution is -0.144. The van der Waals surface area contributed by atoms with Crippen molar-refractivity contribution in [1.82, 2.24) is 4.31 Å². The van der Waals surface area contributed by atoms with E-state index in [2.05, 4.69) is 5.92 Å². The van der Waals surface area contributed by atoms with E-state index in [0.717, 1.165) is 11.1 Å². The van der Waals surface area contributed by atoms with E-state index in [9.17, 15) is 13.2 Å². The average Bonchev–Trinajstić information content (AvgIpc) is 3.27. The third-order valence-electron chi connectivity index (χ3n) is 3.50. The van der Waals surface area contributed by atoms with Crippen LogP contribution in [0.15, 0.2) is 40.8 Å². The number of nitrogens with zero attached hydrogens (tertiary/aromatic N) is 1. The third kappa shape index (κ3) is 4.01. The van der Waals surface area contributed by atoms with Gasteiger partial charge in [0.1, 0.15) is 0 Å². The Hall–Kier alpha value is -2.10. The van der Waals surface area contributed by atoms with Gasteiger partial charge in [-0.15, -0.1) is 6.42 Å². The zero-order valence-electron chi connectivity index (χ0n) is 13.2. The molecule has 1 aliphatic rings. The lowest BCUT2D eigenvalue weighted by Crippen LogP contribution is -2.33. The highest BCUT2D eigenvalue weighted by Crippen LogP contribution is 2.32. The van der Waals surface area contributed by atoms with Crippen LogP contribution in [0, 0.1) is 25.2 Å². The Morgan fingerprint density at radius 2 is 2.00 bits per heavy atom. The first kappa shape index (κ1) is 17.3. The quantitative estimate of drug-likeness (QED) is 0.433. The van der Waals surface area contributed by atoms with Gasteiger partial charge in [-0.1, -0.05) is 29.7 Å². The molecule has 1 unspecified atom stereocenters. The standard InChI is InChI=1S/C17H19NO4S/c1-4-10-18(12-14-11-16(14)17(19)22-5-2)23(20,21)15-8-6-13(3)7-9-15/h1,6-9,11,16H,5,10,12H2,2-3H3. The van der Waals surface area contributed by atoms with Crippen molar-refractivity contribution in [3.8, 4) is 12.3 Å². The predicted molar refractivity (Wildman–Crippen MR) is 87.0 cm³/mol. The Morgan fingerprint density at radius 1 is 1.35 bits per heavy atom. The number of esters is 1. The van der Waals surface area contributed by atoms with Crippen LogP contribution in [0.5, 0.6) is 0 Å². The first-order valence-corrected chi connectivity index (χ1v) is 8.71. The number of carbonyl (C=O) groups is 1. The van der Waals surface area contributed by atoms with Gasteiger partial charge in [0.15, 0.2) is 0 Å². The second-order valence-electron chi connectivity index (χ2n) is 5.26. The van der Waals surface area contributed by atoms with E-state index in [4.69, 9.17) is 11.2 Å². The summed E-state index contributed by atoms with van der Waals surface area (Å²) in [6.07, 6.45) is 7.00. The fourth-order valence-electron chi connectivity index (χ4n) is 2.16. The Balaban J connectivity index is 2.13. The van der Waals surface area contributed by atoms with E-state index in [0.29, 0.717) is 6.61 Å². The summed E-state index contributed by atoms with van der Waals surface area (Å²) in [6, 6.07) is 6.58. The third-order valence-corrected chi connectivity index (χ3v) is 5.30. The molecule has 1 aliphatic carbocycles. The van der Waals surface area contributed by atoms with E-state index >= 15 is 0 Å². The molecular weight excluding hydrogens is 314 g/mol. The van der Waals surface area contributed by atoms with Crippen molar-refractivity contribution < 1.29 is 17.9 Å². The molecule has 6 heteroatoms. The number of hydrogen-bond donors (Lipinski definition) is 0. The van der Waals surface area contributed by atoms with Crippen LogP contribution in [-0.4, -0.2) is 38.4 Å². The normalized spacial score (nSPS) is 16.6. The molecule has 23 heavy (non-hydrogen) atoms. The van der Waals surface area contributed by atoms with Gasteiger partial charge in [0.25, 0.3) is 0 Å². The number of sulfonamides is 1. The number of ether oxygens (including phenoxy) is 1. The molecule has 0 radical (unpaired) electrons. The van der Waals surface area contributed by atoms with Crippen LogP contribution in [0.1, 0.15) is 12.5 Å². The van der Waals surface area contributed by atoms with Gasteiger partial charge in [0.05, 0.1) is 24.0 Å². The lowest BCUT2D eigenvalue weighted by Gasteiger charge is -2.19. The Labute approximate surface area is 137 Å². The Bertz CT molecular complexity index is 757. The van der Waals surface area contributed by atoms with Crippen molar-refractivity contribution in [2.75, 3.05) is 19.7 Å². The topological polar surface area (TPSA) is 63.7 Å². The van der Waals surface area contributed by atoms with E-state index < -0.39 is 15.9 Å². The second kappa shape index (κ2) is 6.99. The second-order valence-corrected chi connectivity index (χ2v) is 7.20. The van der Waals surface area contributed by atoms with Crippen LogP contribution >= 0.6 is 0 Å². The molecule has 0 N–H and O–H groups in total. The summed E-state index contributed by atoms with van der Waals surface area (Å²) in [7, 11) is -3.70. The van der Waals surface area contributed by atoms with Crippen LogP contribution in [-0.2, 0) is 19.6 Å². The molecule has 1 aromatic carbocycles. The largest absolute Gasteiger partial charge is 0.465 e. The summed E-state index contributed by atoms with van der Waals surface area (Å²) in [6.45, 7) is 3.96.